The second-order valence-corrected chi connectivity index (χ2v) is 10.8. The van der Waals surface area contributed by atoms with Gasteiger partial charge in [0.25, 0.3) is 0 Å². The van der Waals surface area contributed by atoms with Gasteiger partial charge < -0.3 is 9.80 Å². The lowest BCUT2D eigenvalue weighted by molar-refractivity contribution is 0.369. The third kappa shape index (κ3) is 6.06. The fourth-order valence-electron chi connectivity index (χ4n) is 3.30. The van der Waals surface area contributed by atoms with Gasteiger partial charge in [0.2, 0.25) is 10.0 Å². The molecule has 1 N–H and O–H groups in total. The minimum Gasteiger partial charge on any atom is -0.341 e. The molecule has 0 unspecified atom stereocenters. The minimum atomic E-state index is -3.27. The standard InChI is InChI=1S/C23H29N3O2S2/c1-23(2,3)20-10-6-18(7-11-20)16-25-14-5-15-26(22(25)29)17-19-8-12-21(13-9-19)24-30(4,27)28/h5-13,15,24H,14,16-17H2,1-4H3. The number of benzene rings is 2. The van der Waals surface area contributed by atoms with Crippen LogP contribution >= 0.6 is 12.2 Å². The lowest BCUT2D eigenvalue weighted by Crippen LogP contribution is -2.42. The highest BCUT2D eigenvalue weighted by atomic mass is 32.2. The lowest BCUT2D eigenvalue weighted by Gasteiger charge is -2.34. The highest BCUT2D eigenvalue weighted by Gasteiger charge is 2.19. The van der Waals surface area contributed by atoms with Crippen molar-refractivity contribution in [2.45, 2.75) is 39.3 Å². The predicted octanol–water partition coefficient (Wildman–Crippen LogP) is 4.47. The zero-order valence-corrected chi connectivity index (χ0v) is 19.6. The zero-order chi connectivity index (χ0) is 21.9. The molecule has 0 spiro atoms. The van der Waals surface area contributed by atoms with Crippen molar-refractivity contribution in [3.63, 3.8) is 0 Å². The van der Waals surface area contributed by atoms with Crippen LogP contribution < -0.4 is 4.72 Å². The Morgan fingerprint density at radius 1 is 0.967 bits per heavy atom. The smallest absolute Gasteiger partial charge is 0.229 e. The molecule has 5 nitrogen and oxygen atoms in total. The number of hydrogen-bond donors (Lipinski definition) is 1. The molecular weight excluding hydrogens is 414 g/mol. The van der Waals surface area contributed by atoms with Gasteiger partial charge in [0.1, 0.15) is 0 Å². The average molecular weight is 444 g/mol. The number of anilines is 1. The SMILES string of the molecule is CC(C)(C)c1ccc(CN2CC=CN(Cc3ccc(NS(C)(=O)=O)cc3)C2=S)cc1. The number of hydrogen-bond acceptors (Lipinski definition) is 3. The molecule has 1 heterocycles. The monoisotopic (exact) mass is 443 g/mol. The Morgan fingerprint density at radius 3 is 2.10 bits per heavy atom. The van der Waals surface area contributed by atoms with E-state index in [1.807, 2.05) is 23.2 Å². The summed E-state index contributed by atoms with van der Waals surface area (Å²) in [7, 11) is -3.27. The van der Waals surface area contributed by atoms with Gasteiger partial charge in [-0.15, -0.1) is 0 Å². The average Bonchev–Trinajstić information content (AvgIpc) is 2.65. The minimum absolute atomic E-state index is 0.144. The molecule has 2 aromatic rings. The van der Waals surface area contributed by atoms with E-state index in [0.717, 1.165) is 30.0 Å². The maximum Gasteiger partial charge on any atom is 0.229 e. The van der Waals surface area contributed by atoms with Crippen LogP contribution in [-0.4, -0.2) is 36.1 Å². The summed E-state index contributed by atoms with van der Waals surface area (Å²) in [5, 5.41) is 0.788. The van der Waals surface area contributed by atoms with E-state index in [4.69, 9.17) is 12.2 Å². The van der Waals surface area contributed by atoms with Gasteiger partial charge in [-0.05, 0) is 52.5 Å². The molecule has 0 saturated carbocycles. The molecule has 0 aliphatic carbocycles. The summed E-state index contributed by atoms with van der Waals surface area (Å²) < 4.78 is 25.2. The van der Waals surface area contributed by atoms with Crippen LogP contribution in [0.25, 0.3) is 0 Å². The Kier molecular flexibility index (Phi) is 6.53. The van der Waals surface area contributed by atoms with E-state index in [-0.39, 0.29) is 5.41 Å². The van der Waals surface area contributed by atoms with Gasteiger partial charge in [-0.1, -0.05) is 57.2 Å². The van der Waals surface area contributed by atoms with Crippen molar-refractivity contribution in [2.24, 2.45) is 0 Å². The second kappa shape index (κ2) is 8.78. The van der Waals surface area contributed by atoms with E-state index in [1.54, 1.807) is 12.1 Å². The number of nitrogens with zero attached hydrogens (tertiary/aromatic N) is 2. The van der Waals surface area contributed by atoms with E-state index >= 15 is 0 Å². The molecule has 0 fully saturated rings. The molecule has 0 radical (unpaired) electrons. The molecule has 160 valence electrons. The topological polar surface area (TPSA) is 52.6 Å². The van der Waals surface area contributed by atoms with Gasteiger partial charge in [-0.3, -0.25) is 4.72 Å². The molecule has 30 heavy (non-hydrogen) atoms. The molecule has 0 amide bonds. The molecule has 0 atom stereocenters. The van der Waals surface area contributed by atoms with Gasteiger partial charge in [0.15, 0.2) is 5.11 Å². The maximum absolute atomic E-state index is 11.3. The van der Waals surface area contributed by atoms with Gasteiger partial charge >= 0.3 is 0 Å². The molecule has 1 aliphatic rings. The summed E-state index contributed by atoms with van der Waals surface area (Å²) in [5.41, 5.74) is 4.31. The van der Waals surface area contributed by atoms with Crippen molar-refractivity contribution in [1.82, 2.24) is 9.80 Å². The van der Waals surface area contributed by atoms with Crippen LogP contribution in [0.3, 0.4) is 0 Å². The summed E-state index contributed by atoms with van der Waals surface area (Å²) in [5.74, 6) is 0. The van der Waals surface area contributed by atoms with Crippen molar-refractivity contribution in [1.29, 1.82) is 0 Å². The van der Waals surface area contributed by atoms with Crippen molar-refractivity contribution >= 4 is 33.0 Å². The number of thiocarbonyl (C=S) groups is 1. The van der Waals surface area contributed by atoms with E-state index in [0.29, 0.717) is 12.2 Å². The Labute approximate surface area is 185 Å². The summed E-state index contributed by atoms with van der Waals surface area (Å²) >= 11 is 5.74. The van der Waals surface area contributed by atoms with Crippen LogP contribution in [0.15, 0.2) is 60.8 Å². The molecule has 0 aromatic heterocycles. The van der Waals surface area contributed by atoms with Gasteiger partial charge in [0.05, 0.1) is 6.26 Å². The van der Waals surface area contributed by atoms with Crippen molar-refractivity contribution in [3.05, 3.63) is 77.5 Å². The van der Waals surface area contributed by atoms with Gasteiger partial charge in [-0.2, -0.15) is 0 Å². The first-order valence-corrected chi connectivity index (χ1v) is 12.2. The van der Waals surface area contributed by atoms with Crippen LogP contribution in [0.5, 0.6) is 0 Å². The van der Waals surface area contributed by atoms with Crippen LogP contribution in [0.4, 0.5) is 5.69 Å². The van der Waals surface area contributed by atoms with Gasteiger partial charge in [0, 0.05) is 31.5 Å². The Hall–Kier alpha value is -2.38. The largest absolute Gasteiger partial charge is 0.341 e. The normalized spacial score (nSPS) is 14.9. The zero-order valence-electron chi connectivity index (χ0n) is 17.9. The van der Waals surface area contributed by atoms with E-state index < -0.39 is 10.0 Å². The van der Waals surface area contributed by atoms with Crippen molar-refractivity contribution < 1.29 is 8.42 Å². The summed E-state index contributed by atoms with van der Waals surface area (Å²) in [4.78, 5) is 4.22. The Balaban J connectivity index is 1.64. The third-order valence-corrected chi connectivity index (χ3v) is 6.03. The quantitative estimate of drug-likeness (QED) is 0.668. The summed E-state index contributed by atoms with van der Waals surface area (Å²) in [6.45, 7) is 8.83. The highest BCUT2D eigenvalue weighted by Crippen LogP contribution is 2.23. The summed E-state index contributed by atoms with van der Waals surface area (Å²) in [6, 6.07) is 16.1. The fraction of sp³-hybridized carbons (Fsp3) is 0.348. The molecule has 0 saturated heterocycles. The first kappa shape index (κ1) is 22.3. The van der Waals surface area contributed by atoms with Crippen LogP contribution in [0.2, 0.25) is 0 Å². The predicted molar refractivity (Wildman–Crippen MR) is 128 cm³/mol. The summed E-state index contributed by atoms with van der Waals surface area (Å²) in [6.07, 6.45) is 5.27. The molecule has 1 aliphatic heterocycles. The Bertz CT molecular complexity index is 1020. The Morgan fingerprint density at radius 2 is 1.53 bits per heavy atom. The molecular formula is C23H29N3O2S2. The lowest BCUT2D eigenvalue weighted by atomic mass is 9.87. The number of sulfonamides is 1. The van der Waals surface area contributed by atoms with Crippen molar-refractivity contribution in [2.75, 3.05) is 17.5 Å². The van der Waals surface area contributed by atoms with E-state index in [2.05, 4.69) is 60.7 Å². The number of rotatable bonds is 6. The molecule has 3 rings (SSSR count). The molecule has 0 bridgehead atoms. The second-order valence-electron chi connectivity index (χ2n) is 8.69. The van der Waals surface area contributed by atoms with E-state index in [9.17, 15) is 8.42 Å². The van der Waals surface area contributed by atoms with Crippen LogP contribution in [-0.2, 0) is 28.5 Å². The fourth-order valence-corrected chi connectivity index (χ4v) is 4.13. The van der Waals surface area contributed by atoms with Crippen molar-refractivity contribution in [3.8, 4) is 0 Å². The maximum atomic E-state index is 11.3. The molecule has 7 heteroatoms. The van der Waals surface area contributed by atoms with Crippen LogP contribution in [0.1, 0.15) is 37.5 Å². The first-order valence-electron chi connectivity index (χ1n) is 9.90. The van der Waals surface area contributed by atoms with Crippen LogP contribution in [0, 0.1) is 0 Å². The molecule has 2 aromatic carbocycles. The highest BCUT2D eigenvalue weighted by molar-refractivity contribution is 7.92. The van der Waals surface area contributed by atoms with E-state index in [1.165, 1.54) is 11.1 Å². The van der Waals surface area contributed by atoms with Gasteiger partial charge in [-0.25, -0.2) is 8.42 Å². The first-order chi connectivity index (χ1) is 14.0. The third-order valence-electron chi connectivity index (χ3n) is 4.93. The number of nitrogens with one attached hydrogen (secondary N) is 1.